The number of hydrogen-bond acceptors (Lipinski definition) is 2. The van der Waals surface area contributed by atoms with Crippen LogP contribution in [0.1, 0.15) is 48.9 Å². The van der Waals surface area contributed by atoms with Crippen LogP contribution in [0.2, 0.25) is 0 Å². The van der Waals surface area contributed by atoms with Crippen molar-refractivity contribution in [2.45, 2.75) is 46.1 Å². The second kappa shape index (κ2) is 7.19. The van der Waals surface area contributed by atoms with Crippen LogP contribution in [0.3, 0.4) is 0 Å². The molecule has 20 heavy (non-hydrogen) atoms. The smallest absolute Gasteiger partial charge is 0.128 e. The van der Waals surface area contributed by atoms with Gasteiger partial charge in [0.1, 0.15) is 5.82 Å². The molecule has 1 aliphatic rings. The van der Waals surface area contributed by atoms with Crippen molar-refractivity contribution >= 4 is 0 Å². The summed E-state index contributed by atoms with van der Waals surface area (Å²) in [5.74, 6) is 0.397. The Morgan fingerprint density at radius 3 is 2.60 bits per heavy atom. The van der Waals surface area contributed by atoms with E-state index in [1.54, 1.807) is 6.07 Å². The third-order valence-corrected chi connectivity index (χ3v) is 4.14. The van der Waals surface area contributed by atoms with Gasteiger partial charge in [0.15, 0.2) is 0 Å². The van der Waals surface area contributed by atoms with Crippen molar-refractivity contribution < 1.29 is 9.13 Å². The number of halogens is 1. The average molecular weight is 279 g/mol. The summed E-state index contributed by atoms with van der Waals surface area (Å²) < 4.78 is 19.9. The van der Waals surface area contributed by atoms with Gasteiger partial charge < -0.3 is 10.1 Å². The van der Waals surface area contributed by atoms with Crippen LogP contribution in [0.25, 0.3) is 0 Å². The lowest BCUT2D eigenvalue weighted by atomic mass is 9.84. The first-order chi connectivity index (χ1) is 9.63. The first kappa shape index (κ1) is 15.5. The summed E-state index contributed by atoms with van der Waals surface area (Å²) in [6.07, 6.45) is 3.08. The van der Waals surface area contributed by atoms with Crippen molar-refractivity contribution in [2.75, 3.05) is 19.8 Å². The molecule has 112 valence electrons. The predicted octanol–water partition coefficient (Wildman–Crippen LogP) is 3.91. The molecule has 0 amide bonds. The van der Waals surface area contributed by atoms with E-state index in [0.717, 1.165) is 55.7 Å². The number of ether oxygens (including phenoxy) is 1. The van der Waals surface area contributed by atoms with Crippen LogP contribution < -0.4 is 5.32 Å². The van der Waals surface area contributed by atoms with Gasteiger partial charge in [0.2, 0.25) is 0 Å². The van der Waals surface area contributed by atoms with Crippen molar-refractivity contribution in [3.05, 3.63) is 34.6 Å². The Morgan fingerprint density at radius 2 is 2.00 bits per heavy atom. The second-order valence-electron chi connectivity index (χ2n) is 5.86. The molecule has 2 nitrogen and oxygen atoms in total. The maximum atomic E-state index is 14.5. The molecular weight excluding hydrogens is 253 g/mol. The number of nitrogens with one attached hydrogen (secondary N) is 1. The molecule has 1 N–H and O–H groups in total. The van der Waals surface area contributed by atoms with Gasteiger partial charge in [0.05, 0.1) is 0 Å². The van der Waals surface area contributed by atoms with E-state index in [4.69, 9.17) is 4.74 Å². The highest BCUT2D eigenvalue weighted by Crippen LogP contribution is 2.33. The highest BCUT2D eigenvalue weighted by atomic mass is 19.1. The summed E-state index contributed by atoms with van der Waals surface area (Å²) >= 11 is 0. The van der Waals surface area contributed by atoms with Crippen LogP contribution in [0, 0.1) is 25.6 Å². The lowest BCUT2D eigenvalue weighted by Crippen LogP contribution is -2.33. The number of benzene rings is 1. The Kier molecular flexibility index (Phi) is 5.55. The fraction of sp³-hybridized carbons (Fsp3) is 0.647. The van der Waals surface area contributed by atoms with E-state index < -0.39 is 0 Å². The molecule has 1 saturated heterocycles. The van der Waals surface area contributed by atoms with E-state index in [9.17, 15) is 4.39 Å². The van der Waals surface area contributed by atoms with Crippen molar-refractivity contribution in [1.29, 1.82) is 0 Å². The summed E-state index contributed by atoms with van der Waals surface area (Å²) in [7, 11) is 0. The molecule has 1 aliphatic heterocycles. The average Bonchev–Trinajstić information content (AvgIpc) is 2.42. The maximum Gasteiger partial charge on any atom is 0.128 e. The molecule has 1 aromatic rings. The second-order valence-corrected chi connectivity index (χ2v) is 5.86. The fourth-order valence-corrected chi connectivity index (χ4v) is 3.17. The molecule has 3 heteroatoms. The lowest BCUT2D eigenvalue weighted by molar-refractivity contribution is 0.0530. The zero-order valence-electron chi connectivity index (χ0n) is 12.8. The van der Waals surface area contributed by atoms with Gasteiger partial charge in [-0.05, 0) is 62.8 Å². The highest BCUT2D eigenvalue weighted by Gasteiger charge is 2.28. The number of hydrogen-bond donors (Lipinski definition) is 1. The summed E-state index contributed by atoms with van der Waals surface area (Å²) in [6.45, 7) is 8.62. The third kappa shape index (κ3) is 3.58. The first-order valence-electron chi connectivity index (χ1n) is 7.71. The van der Waals surface area contributed by atoms with E-state index in [-0.39, 0.29) is 11.9 Å². The highest BCUT2D eigenvalue weighted by molar-refractivity contribution is 5.35. The van der Waals surface area contributed by atoms with Gasteiger partial charge in [-0.15, -0.1) is 0 Å². The van der Waals surface area contributed by atoms with Gasteiger partial charge in [0, 0.05) is 24.8 Å². The van der Waals surface area contributed by atoms with E-state index in [1.807, 2.05) is 13.8 Å². The van der Waals surface area contributed by atoms with Crippen molar-refractivity contribution in [1.82, 2.24) is 5.32 Å². The summed E-state index contributed by atoms with van der Waals surface area (Å²) in [5, 5.41) is 3.56. The van der Waals surface area contributed by atoms with Gasteiger partial charge in [-0.25, -0.2) is 4.39 Å². The van der Waals surface area contributed by atoms with E-state index in [0.29, 0.717) is 5.92 Å². The molecule has 2 rings (SSSR count). The monoisotopic (exact) mass is 279 g/mol. The zero-order chi connectivity index (χ0) is 14.5. The van der Waals surface area contributed by atoms with Gasteiger partial charge >= 0.3 is 0 Å². The molecule has 0 aliphatic carbocycles. The molecule has 0 spiro atoms. The van der Waals surface area contributed by atoms with Crippen LogP contribution >= 0.6 is 0 Å². The minimum absolute atomic E-state index is 0.0670. The van der Waals surface area contributed by atoms with Crippen LogP contribution in [-0.2, 0) is 4.74 Å². The van der Waals surface area contributed by atoms with Crippen LogP contribution in [0.4, 0.5) is 4.39 Å². The summed E-state index contributed by atoms with van der Waals surface area (Å²) in [4.78, 5) is 0. The zero-order valence-corrected chi connectivity index (χ0v) is 12.8. The maximum absolute atomic E-state index is 14.5. The van der Waals surface area contributed by atoms with Crippen molar-refractivity contribution in [3.63, 3.8) is 0 Å². The van der Waals surface area contributed by atoms with Crippen LogP contribution in [0.5, 0.6) is 0 Å². The molecule has 0 bridgehead atoms. The Morgan fingerprint density at radius 1 is 1.30 bits per heavy atom. The first-order valence-corrected chi connectivity index (χ1v) is 7.71. The molecule has 1 atom stereocenters. The SMILES string of the molecule is CCCNC(c1c(C)cc(C)cc1F)C1CCOCC1. The van der Waals surface area contributed by atoms with Crippen molar-refractivity contribution in [3.8, 4) is 0 Å². The fourth-order valence-electron chi connectivity index (χ4n) is 3.17. The Balaban J connectivity index is 2.29. The van der Waals surface area contributed by atoms with Gasteiger partial charge in [-0.2, -0.15) is 0 Å². The minimum Gasteiger partial charge on any atom is -0.381 e. The number of rotatable bonds is 5. The quantitative estimate of drug-likeness (QED) is 0.882. The molecule has 0 saturated carbocycles. The van der Waals surface area contributed by atoms with Crippen LogP contribution in [0.15, 0.2) is 12.1 Å². The topological polar surface area (TPSA) is 21.3 Å². The van der Waals surface area contributed by atoms with Crippen molar-refractivity contribution in [2.24, 2.45) is 5.92 Å². The Labute approximate surface area is 121 Å². The Hall–Kier alpha value is -0.930. The van der Waals surface area contributed by atoms with Gasteiger partial charge in [0.25, 0.3) is 0 Å². The summed E-state index contributed by atoms with van der Waals surface area (Å²) in [5.41, 5.74) is 2.91. The van der Waals surface area contributed by atoms with E-state index in [2.05, 4.69) is 18.3 Å². The minimum atomic E-state index is -0.0670. The third-order valence-electron chi connectivity index (χ3n) is 4.14. The van der Waals surface area contributed by atoms with Crippen LogP contribution in [-0.4, -0.2) is 19.8 Å². The van der Waals surface area contributed by atoms with E-state index >= 15 is 0 Å². The standard InChI is InChI=1S/C17H26FNO/c1-4-7-19-17(14-5-8-20-9-6-14)16-13(3)10-12(2)11-15(16)18/h10-11,14,17,19H,4-9H2,1-3H3. The predicted molar refractivity (Wildman–Crippen MR) is 80.5 cm³/mol. The molecule has 1 heterocycles. The summed E-state index contributed by atoms with van der Waals surface area (Å²) in [6, 6.07) is 3.85. The van der Waals surface area contributed by atoms with Gasteiger partial charge in [-0.1, -0.05) is 13.0 Å². The molecule has 0 aromatic heterocycles. The largest absolute Gasteiger partial charge is 0.381 e. The molecule has 1 aromatic carbocycles. The van der Waals surface area contributed by atoms with Gasteiger partial charge in [-0.3, -0.25) is 0 Å². The lowest BCUT2D eigenvalue weighted by Gasteiger charge is -2.32. The normalized spacial score (nSPS) is 18.2. The molecule has 0 radical (unpaired) electrons. The molecule has 1 fully saturated rings. The molecule has 1 unspecified atom stereocenters. The number of aryl methyl sites for hydroxylation is 2. The van der Waals surface area contributed by atoms with E-state index in [1.165, 1.54) is 0 Å². The molecular formula is C17H26FNO. The Bertz CT molecular complexity index is 418.